The summed E-state index contributed by atoms with van der Waals surface area (Å²) in [6.07, 6.45) is 8.48. The second-order valence-electron chi connectivity index (χ2n) is 5.54. The normalized spacial score (nSPS) is 16.3. The lowest BCUT2D eigenvalue weighted by Crippen LogP contribution is -2.37. The van der Waals surface area contributed by atoms with Crippen molar-refractivity contribution in [2.45, 2.75) is 45.1 Å². The number of hydrogen-bond acceptors (Lipinski definition) is 3. The van der Waals surface area contributed by atoms with E-state index < -0.39 is 5.97 Å². The smallest absolute Gasteiger partial charge is 0.328 e. The van der Waals surface area contributed by atoms with Crippen LogP contribution in [0.1, 0.15) is 52.2 Å². The fourth-order valence-electron chi connectivity index (χ4n) is 2.72. The number of carboxylic acid groups (broad SMARTS) is 1. The molecule has 1 aromatic rings. The SMILES string of the molecule is Cc1cc(C(=O)N(C)C2CCCCC2)sc1/C=C/C(=O)O. The first-order valence-electron chi connectivity index (χ1n) is 7.27. The first-order chi connectivity index (χ1) is 9.99. The van der Waals surface area contributed by atoms with Crippen LogP contribution in [0, 0.1) is 6.92 Å². The maximum atomic E-state index is 12.5. The summed E-state index contributed by atoms with van der Waals surface area (Å²) in [5, 5.41) is 8.68. The van der Waals surface area contributed by atoms with E-state index in [9.17, 15) is 9.59 Å². The molecule has 1 N–H and O–H groups in total. The van der Waals surface area contributed by atoms with E-state index in [1.54, 1.807) is 6.08 Å². The van der Waals surface area contributed by atoms with Gasteiger partial charge in [0, 0.05) is 24.0 Å². The van der Waals surface area contributed by atoms with Crippen molar-refractivity contribution in [2.75, 3.05) is 7.05 Å². The molecule has 5 heteroatoms. The molecule has 1 fully saturated rings. The zero-order valence-electron chi connectivity index (χ0n) is 12.5. The van der Waals surface area contributed by atoms with Gasteiger partial charge in [-0.05, 0) is 37.5 Å². The Labute approximate surface area is 129 Å². The van der Waals surface area contributed by atoms with Gasteiger partial charge in [0.1, 0.15) is 0 Å². The van der Waals surface area contributed by atoms with Gasteiger partial charge in [-0.25, -0.2) is 4.79 Å². The highest BCUT2D eigenvalue weighted by molar-refractivity contribution is 7.15. The van der Waals surface area contributed by atoms with Crippen LogP contribution in [0.3, 0.4) is 0 Å². The summed E-state index contributed by atoms with van der Waals surface area (Å²) in [5.41, 5.74) is 0.942. The number of aliphatic carboxylic acids is 1. The maximum Gasteiger partial charge on any atom is 0.328 e. The number of aryl methyl sites for hydroxylation is 1. The highest BCUT2D eigenvalue weighted by atomic mass is 32.1. The first kappa shape index (κ1) is 15.8. The predicted octanol–water partition coefficient (Wildman–Crippen LogP) is 3.56. The number of carbonyl (C=O) groups is 2. The van der Waals surface area contributed by atoms with Crippen LogP contribution in [-0.4, -0.2) is 35.0 Å². The van der Waals surface area contributed by atoms with Gasteiger partial charge in [-0.15, -0.1) is 11.3 Å². The van der Waals surface area contributed by atoms with E-state index in [1.165, 1.54) is 30.6 Å². The average Bonchev–Trinajstić information content (AvgIpc) is 2.85. The van der Waals surface area contributed by atoms with Gasteiger partial charge in [0.25, 0.3) is 5.91 Å². The molecule has 0 aliphatic heterocycles. The Hall–Kier alpha value is -1.62. The van der Waals surface area contributed by atoms with Crippen molar-refractivity contribution in [1.82, 2.24) is 4.90 Å². The van der Waals surface area contributed by atoms with Crippen LogP contribution < -0.4 is 0 Å². The fourth-order valence-corrected chi connectivity index (χ4v) is 3.78. The molecule has 0 unspecified atom stereocenters. The van der Waals surface area contributed by atoms with E-state index in [-0.39, 0.29) is 5.91 Å². The van der Waals surface area contributed by atoms with Gasteiger partial charge >= 0.3 is 5.97 Å². The van der Waals surface area contributed by atoms with Gasteiger partial charge < -0.3 is 10.0 Å². The van der Waals surface area contributed by atoms with Crippen LogP contribution in [0.4, 0.5) is 0 Å². The minimum Gasteiger partial charge on any atom is -0.478 e. The minimum absolute atomic E-state index is 0.0463. The lowest BCUT2D eigenvalue weighted by atomic mass is 9.94. The number of amides is 1. The molecule has 0 saturated heterocycles. The molecule has 0 aromatic carbocycles. The third kappa shape index (κ3) is 3.94. The maximum absolute atomic E-state index is 12.5. The molecule has 1 aliphatic rings. The molecule has 1 aromatic heterocycles. The summed E-state index contributed by atoms with van der Waals surface area (Å²) in [5.74, 6) is -0.931. The Bertz CT molecular complexity index is 556. The Morgan fingerprint density at radius 1 is 1.33 bits per heavy atom. The van der Waals surface area contributed by atoms with Gasteiger partial charge in [0.2, 0.25) is 0 Å². The third-order valence-electron chi connectivity index (χ3n) is 3.99. The summed E-state index contributed by atoms with van der Waals surface area (Å²) in [4.78, 5) is 26.5. The summed E-state index contributed by atoms with van der Waals surface area (Å²) in [7, 11) is 1.88. The van der Waals surface area contributed by atoms with Gasteiger partial charge in [-0.1, -0.05) is 19.3 Å². The van der Waals surface area contributed by atoms with E-state index in [4.69, 9.17) is 5.11 Å². The largest absolute Gasteiger partial charge is 0.478 e. The number of hydrogen-bond donors (Lipinski definition) is 1. The number of thiophene rings is 1. The standard InChI is InChI=1S/C16H21NO3S/c1-11-10-14(21-13(11)8-9-15(18)19)16(20)17(2)12-6-4-3-5-7-12/h8-10,12H,3-7H2,1-2H3,(H,18,19)/b9-8+. The summed E-state index contributed by atoms with van der Waals surface area (Å²) in [6.45, 7) is 1.90. The molecule has 1 aliphatic carbocycles. The molecule has 4 nitrogen and oxygen atoms in total. The van der Waals surface area contributed by atoms with E-state index in [0.29, 0.717) is 10.9 Å². The van der Waals surface area contributed by atoms with Crippen molar-refractivity contribution >= 4 is 29.3 Å². The number of carboxylic acids is 1. The molecular formula is C16H21NO3S. The summed E-state index contributed by atoms with van der Waals surface area (Å²) < 4.78 is 0. The third-order valence-corrected chi connectivity index (χ3v) is 5.18. The second-order valence-corrected chi connectivity index (χ2v) is 6.62. The number of rotatable bonds is 4. The van der Waals surface area contributed by atoms with Crippen LogP contribution in [-0.2, 0) is 4.79 Å². The van der Waals surface area contributed by atoms with Gasteiger partial charge in [0.05, 0.1) is 4.88 Å². The molecular weight excluding hydrogens is 286 g/mol. The van der Waals surface area contributed by atoms with Crippen molar-refractivity contribution in [3.05, 3.63) is 27.5 Å². The molecule has 2 rings (SSSR count). The minimum atomic E-state index is -0.977. The molecule has 0 radical (unpaired) electrons. The van der Waals surface area contributed by atoms with Crippen LogP contribution in [0.15, 0.2) is 12.1 Å². The number of carbonyl (C=O) groups excluding carboxylic acids is 1. The average molecular weight is 307 g/mol. The van der Waals surface area contributed by atoms with Gasteiger partial charge in [-0.3, -0.25) is 4.79 Å². The van der Waals surface area contributed by atoms with Crippen molar-refractivity contribution < 1.29 is 14.7 Å². The zero-order chi connectivity index (χ0) is 15.4. The highest BCUT2D eigenvalue weighted by Gasteiger charge is 2.24. The molecule has 0 spiro atoms. The summed E-state index contributed by atoms with van der Waals surface area (Å²) in [6, 6.07) is 2.19. The molecule has 21 heavy (non-hydrogen) atoms. The van der Waals surface area contributed by atoms with Crippen LogP contribution in [0.2, 0.25) is 0 Å². The Morgan fingerprint density at radius 2 is 2.00 bits per heavy atom. The Balaban J connectivity index is 2.12. The van der Waals surface area contributed by atoms with Crippen LogP contribution >= 0.6 is 11.3 Å². The summed E-state index contributed by atoms with van der Waals surface area (Å²) >= 11 is 1.36. The van der Waals surface area contributed by atoms with E-state index in [2.05, 4.69) is 0 Å². The van der Waals surface area contributed by atoms with E-state index in [1.807, 2.05) is 24.9 Å². The molecule has 0 atom stereocenters. The molecule has 1 amide bonds. The Kier molecular flexibility index (Phi) is 5.17. The molecule has 114 valence electrons. The zero-order valence-corrected chi connectivity index (χ0v) is 13.3. The molecule has 1 saturated carbocycles. The highest BCUT2D eigenvalue weighted by Crippen LogP contribution is 2.27. The van der Waals surface area contributed by atoms with E-state index in [0.717, 1.165) is 29.4 Å². The lowest BCUT2D eigenvalue weighted by Gasteiger charge is -2.30. The van der Waals surface area contributed by atoms with Crippen molar-refractivity contribution in [3.63, 3.8) is 0 Å². The molecule has 0 bridgehead atoms. The Morgan fingerprint density at radius 3 is 2.62 bits per heavy atom. The number of nitrogens with zero attached hydrogens (tertiary/aromatic N) is 1. The van der Waals surface area contributed by atoms with Crippen molar-refractivity contribution in [1.29, 1.82) is 0 Å². The van der Waals surface area contributed by atoms with E-state index >= 15 is 0 Å². The quantitative estimate of drug-likeness (QED) is 0.865. The predicted molar refractivity (Wildman–Crippen MR) is 84.7 cm³/mol. The molecule has 1 heterocycles. The van der Waals surface area contributed by atoms with Crippen LogP contribution in [0.25, 0.3) is 6.08 Å². The lowest BCUT2D eigenvalue weighted by molar-refractivity contribution is -0.131. The first-order valence-corrected chi connectivity index (χ1v) is 8.09. The van der Waals surface area contributed by atoms with Gasteiger partial charge in [0.15, 0.2) is 0 Å². The topological polar surface area (TPSA) is 57.6 Å². The van der Waals surface area contributed by atoms with Crippen LogP contribution in [0.5, 0.6) is 0 Å². The van der Waals surface area contributed by atoms with Crippen molar-refractivity contribution in [2.24, 2.45) is 0 Å². The fraction of sp³-hybridized carbons (Fsp3) is 0.500. The monoisotopic (exact) mass is 307 g/mol. The second kappa shape index (κ2) is 6.89. The van der Waals surface area contributed by atoms with Gasteiger partial charge in [-0.2, -0.15) is 0 Å². The van der Waals surface area contributed by atoms with Crippen molar-refractivity contribution in [3.8, 4) is 0 Å².